The molecule has 0 N–H and O–H groups in total. The van der Waals surface area contributed by atoms with Gasteiger partial charge in [-0.25, -0.2) is 15.0 Å². The number of ether oxygens (including phenoxy) is 1. The molecule has 0 fully saturated rings. The number of aromatic nitrogens is 3. The lowest BCUT2D eigenvalue weighted by Crippen LogP contribution is -2.32. The van der Waals surface area contributed by atoms with Crippen LogP contribution in [-0.4, -0.2) is 32.2 Å². The van der Waals surface area contributed by atoms with E-state index in [1.807, 2.05) is 67.6 Å². The molecule has 0 unspecified atom stereocenters. The third-order valence-corrected chi connectivity index (χ3v) is 8.56. The Morgan fingerprint density at radius 1 is 1.03 bits per heavy atom. The average Bonchev–Trinajstić information content (AvgIpc) is 3.24. The SMILES string of the molecule is Cc1nc(SCC(=O)N(c2ccccc2)c2ccccc2)c2sc3nc4c(cc3c2n1)COC(C)(C)C4. The highest BCUT2D eigenvalue weighted by molar-refractivity contribution is 8.00. The van der Waals surface area contributed by atoms with E-state index in [2.05, 4.69) is 19.9 Å². The number of thioether (sulfide) groups is 1. The summed E-state index contributed by atoms with van der Waals surface area (Å²) in [6.07, 6.45) is 0.780. The standard InChI is InChI=1S/C29H26N4O2S2/c1-18-30-25-22-14-19-16-35-29(2,3)15-23(19)32-27(22)37-26(25)28(31-18)36-17-24(34)33(20-10-6-4-7-11-20)21-12-8-5-9-13-21/h4-14H,15-17H2,1-3H3. The monoisotopic (exact) mass is 526 g/mol. The summed E-state index contributed by atoms with van der Waals surface area (Å²) < 4.78 is 6.99. The van der Waals surface area contributed by atoms with Crippen LogP contribution in [0.5, 0.6) is 0 Å². The number of amides is 1. The van der Waals surface area contributed by atoms with E-state index < -0.39 is 0 Å². The van der Waals surface area contributed by atoms with Crippen molar-refractivity contribution < 1.29 is 9.53 Å². The number of benzene rings is 2. The molecule has 5 aromatic rings. The molecule has 2 aromatic carbocycles. The summed E-state index contributed by atoms with van der Waals surface area (Å²) >= 11 is 3.05. The predicted molar refractivity (Wildman–Crippen MR) is 151 cm³/mol. The Kier molecular flexibility index (Phi) is 6.18. The number of carbonyl (C=O) groups excluding carboxylic acids is 1. The Labute approximate surface area is 223 Å². The van der Waals surface area contributed by atoms with Gasteiger partial charge in [-0.1, -0.05) is 48.2 Å². The third-order valence-electron chi connectivity index (χ3n) is 6.38. The van der Waals surface area contributed by atoms with Gasteiger partial charge in [-0.05, 0) is 51.1 Å². The summed E-state index contributed by atoms with van der Waals surface area (Å²) in [7, 11) is 0. The van der Waals surface area contributed by atoms with E-state index in [0.29, 0.717) is 12.4 Å². The number of nitrogens with zero attached hydrogens (tertiary/aromatic N) is 4. The zero-order valence-electron chi connectivity index (χ0n) is 20.9. The van der Waals surface area contributed by atoms with E-state index in [0.717, 1.165) is 54.5 Å². The number of pyridine rings is 1. The summed E-state index contributed by atoms with van der Waals surface area (Å²) in [5, 5.41) is 1.84. The molecule has 6 rings (SSSR count). The van der Waals surface area contributed by atoms with Crippen LogP contribution in [0.2, 0.25) is 0 Å². The molecule has 1 aliphatic rings. The average molecular weight is 527 g/mol. The first-order chi connectivity index (χ1) is 17.9. The van der Waals surface area contributed by atoms with Gasteiger partial charge in [0.2, 0.25) is 5.91 Å². The number of thiophene rings is 1. The Morgan fingerprint density at radius 3 is 2.38 bits per heavy atom. The highest BCUT2D eigenvalue weighted by atomic mass is 32.2. The van der Waals surface area contributed by atoms with Crippen molar-refractivity contribution in [3.63, 3.8) is 0 Å². The number of para-hydroxylation sites is 2. The second kappa shape index (κ2) is 9.52. The molecule has 8 heteroatoms. The van der Waals surface area contributed by atoms with Crippen molar-refractivity contribution in [2.24, 2.45) is 0 Å². The van der Waals surface area contributed by atoms with Crippen LogP contribution in [-0.2, 0) is 22.6 Å². The highest BCUT2D eigenvalue weighted by Crippen LogP contribution is 2.39. The van der Waals surface area contributed by atoms with Crippen molar-refractivity contribution in [1.82, 2.24) is 15.0 Å². The minimum absolute atomic E-state index is 0.0131. The van der Waals surface area contributed by atoms with Gasteiger partial charge in [0.15, 0.2) is 0 Å². The van der Waals surface area contributed by atoms with Gasteiger partial charge in [-0.2, -0.15) is 0 Å². The number of fused-ring (bicyclic) bond motifs is 4. The molecule has 4 heterocycles. The summed E-state index contributed by atoms with van der Waals surface area (Å²) in [5.41, 5.74) is 4.56. The van der Waals surface area contributed by atoms with Crippen LogP contribution in [0.1, 0.15) is 30.9 Å². The zero-order chi connectivity index (χ0) is 25.6. The van der Waals surface area contributed by atoms with Crippen LogP contribution < -0.4 is 4.90 Å². The predicted octanol–water partition coefficient (Wildman–Crippen LogP) is 6.86. The number of anilines is 2. The molecule has 0 radical (unpaired) electrons. The summed E-state index contributed by atoms with van der Waals surface area (Å²) in [5.74, 6) is 0.913. The molecule has 0 saturated carbocycles. The van der Waals surface area contributed by atoms with E-state index in [4.69, 9.17) is 19.7 Å². The van der Waals surface area contributed by atoms with Crippen LogP contribution in [0, 0.1) is 6.92 Å². The quantitative estimate of drug-likeness (QED) is 0.184. The molecule has 0 spiro atoms. The van der Waals surface area contributed by atoms with Crippen LogP contribution in [0.25, 0.3) is 20.4 Å². The number of carbonyl (C=O) groups is 1. The van der Waals surface area contributed by atoms with Crippen LogP contribution in [0.4, 0.5) is 11.4 Å². The van der Waals surface area contributed by atoms with E-state index in [-0.39, 0.29) is 17.3 Å². The largest absolute Gasteiger partial charge is 0.370 e. The molecule has 0 saturated heterocycles. The summed E-state index contributed by atoms with van der Waals surface area (Å²) in [6.45, 7) is 6.65. The van der Waals surface area contributed by atoms with E-state index in [1.165, 1.54) is 11.8 Å². The minimum Gasteiger partial charge on any atom is -0.370 e. The van der Waals surface area contributed by atoms with Gasteiger partial charge >= 0.3 is 0 Å². The minimum atomic E-state index is -0.217. The molecule has 0 aliphatic carbocycles. The van der Waals surface area contributed by atoms with E-state index in [9.17, 15) is 4.79 Å². The van der Waals surface area contributed by atoms with Gasteiger partial charge in [0, 0.05) is 28.7 Å². The second-order valence-electron chi connectivity index (χ2n) is 9.72. The Hall–Kier alpha value is -3.33. The lowest BCUT2D eigenvalue weighted by Gasteiger charge is -2.30. The highest BCUT2D eigenvalue weighted by Gasteiger charge is 2.28. The van der Waals surface area contributed by atoms with Crippen LogP contribution in [0.15, 0.2) is 71.8 Å². The second-order valence-corrected chi connectivity index (χ2v) is 11.7. The van der Waals surface area contributed by atoms with Gasteiger partial charge in [0.1, 0.15) is 15.7 Å². The zero-order valence-corrected chi connectivity index (χ0v) is 22.5. The number of hydrogen-bond acceptors (Lipinski definition) is 7. The van der Waals surface area contributed by atoms with Crippen molar-refractivity contribution >= 4 is 60.8 Å². The maximum absolute atomic E-state index is 13.6. The molecule has 0 atom stereocenters. The first-order valence-electron chi connectivity index (χ1n) is 12.2. The molecular formula is C29H26N4O2S2. The number of aryl methyl sites for hydroxylation is 1. The fourth-order valence-corrected chi connectivity index (χ4v) is 6.73. The molecule has 6 nitrogen and oxygen atoms in total. The topological polar surface area (TPSA) is 68.2 Å². The van der Waals surface area contributed by atoms with E-state index in [1.54, 1.807) is 16.2 Å². The van der Waals surface area contributed by atoms with Gasteiger partial charge in [0.25, 0.3) is 0 Å². The maximum Gasteiger partial charge on any atom is 0.241 e. The Bertz CT molecular complexity index is 1580. The molecule has 3 aromatic heterocycles. The molecular weight excluding hydrogens is 500 g/mol. The normalized spacial score (nSPS) is 14.6. The third kappa shape index (κ3) is 4.72. The Morgan fingerprint density at radius 2 is 1.70 bits per heavy atom. The maximum atomic E-state index is 13.6. The lowest BCUT2D eigenvalue weighted by molar-refractivity contribution is -0.115. The van der Waals surface area contributed by atoms with Gasteiger partial charge in [0.05, 0.1) is 33.9 Å². The molecule has 1 amide bonds. The Balaban J connectivity index is 1.35. The number of hydrogen-bond donors (Lipinski definition) is 0. The lowest BCUT2D eigenvalue weighted by atomic mass is 9.95. The smallest absolute Gasteiger partial charge is 0.241 e. The number of rotatable bonds is 5. The summed E-state index contributed by atoms with van der Waals surface area (Å²) in [6, 6.07) is 21.7. The first-order valence-corrected chi connectivity index (χ1v) is 14.0. The molecule has 0 bridgehead atoms. The van der Waals surface area contributed by atoms with Crippen LogP contribution in [0.3, 0.4) is 0 Å². The van der Waals surface area contributed by atoms with Crippen molar-refractivity contribution in [3.05, 3.63) is 83.8 Å². The van der Waals surface area contributed by atoms with Crippen molar-refractivity contribution in [2.75, 3.05) is 10.7 Å². The van der Waals surface area contributed by atoms with Crippen molar-refractivity contribution in [1.29, 1.82) is 0 Å². The fraction of sp³-hybridized carbons (Fsp3) is 0.241. The first kappa shape index (κ1) is 24.0. The molecule has 37 heavy (non-hydrogen) atoms. The van der Waals surface area contributed by atoms with Gasteiger partial charge in [-0.15, -0.1) is 11.3 Å². The van der Waals surface area contributed by atoms with Crippen molar-refractivity contribution in [2.45, 2.75) is 44.4 Å². The molecule has 186 valence electrons. The fourth-order valence-electron chi connectivity index (χ4n) is 4.62. The van der Waals surface area contributed by atoms with E-state index >= 15 is 0 Å². The molecule has 1 aliphatic heterocycles. The summed E-state index contributed by atoms with van der Waals surface area (Å²) in [4.78, 5) is 30.8. The van der Waals surface area contributed by atoms with Crippen molar-refractivity contribution in [3.8, 4) is 0 Å². The van der Waals surface area contributed by atoms with Crippen LogP contribution >= 0.6 is 23.1 Å². The van der Waals surface area contributed by atoms with Gasteiger partial charge in [-0.3, -0.25) is 9.69 Å². The van der Waals surface area contributed by atoms with Gasteiger partial charge < -0.3 is 4.74 Å².